The number of aryl methyl sites for hydroxylation is 1. The average Bonchev–Trinajstić information content (AvgIpc) is 3.08. The van der Waals surface area contributed by atoms with Crippen LogP contribution in [0, 0.1) is 12.8 Å². The summed E-state index contributed by atoms with van der Waals surface area (Å²) in [4.78, 5) is 31.1. The highest BCUT2D eigenvalue weighted by Crippen LogP contribution is 2.28. The fourth-order valence-electron chi connectivity index (χ4n) is 5.26. The van der Waals surface area contributed by atoms with Crippen molar-refractivity contribution in [3.05, 3.63) is 120 Å². The number of ether oxygens (including phenoxy) is 1. The lowest BCUT2D eigenvalue weighted by molar-refractivity contribution is -0.140. The minimum Gasteiger partial charge on any atom is -0.494 e. The highest BCUT2D eigenvalue weighted by Gasteiger charge is 2.34. The molecule has 254 valence electrons. The number of nitrogens with zero attached hydrogens (tertiary/aromatic N) is 2. The molecule has 0 bridgehead atoms. The molecule has 0 aromatic heterocycles. The van der Waals surface area contributed by atoms with Crippen molar-refractivity contribution < 1.29 is 22.7 Å². The van der Waals surface area contributed by atoms with Crippen molar-refractivity contribution >= 4 is 39.3 Å². The summed E-state index contributed by atoms with van der Waals surface area (Å²) in [5.74, 6) is -0.0166. The van der Waals surface area contributed by atoms with Gasteiger partial charge in [0.15, 0.2) is 0 Å². The van der Waals surface area contributed by atoms with Gasteiger partial charge in [-0.3, -0.25) is 13.9 Å². The van der Waals surface area contributed by atoms with Crippen LogP contribution in [0.25, 0.3) is 0 Å². The van der Waals surface area contributed by atoms with Crippen LogP contribution < -0.4 is 14.4 Å². The summed E-state index contributed by atoms with van der Waals surface area (Å²) in [5, 5.41) is 3.02. The number of amides is 2. The Labute approximate surface area is 289 Å². The molecule has 8 nitrogen and oxygen atoms in total. The Morgan fingerprint density at radius 2 is 1.54 bits per heavy atom. The predicted octanol–water partition coefficient (Wildman–Crippen LogP) is 6.72. The van der Waals surface area contributed by atoms with Gasteiger partial charge < -0.3 is 15.0 Å². The van der Waals surface area contributed by atoms with E-state index in [1.807, 2.05) is 88.5 Å². The van der Waals surface area contributed by atoms with E-state index in [0.717, 1.165) is 25.9 Å². The normalized spacial score (nSPS) is 12.0. The van der Waals surface area contributed by atoms with Gasteiger partial charge >= 0.3 is 0 Å². The van der Waals surface area contributed by atoms with Crippen molar-refractivity contribution in [2.24, 2.45) is 5.92 Å². The maximum atomic E-state index is 14.7. The van der Waals surface area contributed by atoms with Gasteiger partial charge in [-0.15, -0.1) is 11.8 Å². The largest absolute Gasteiger partial charge is 0.494 e. The number of nitrogens with one attached hydrogen (secondary N) is 1. The molecule has 0 radical (unpaired) electrons. The topological polar surface area (TPSA) is 96.0 Å². The Hall–Kier alpha value is -4.28. The number of carbonyl (C=O) groups excluding carboxylic acids is 2. The van der Waals surface area contributed by atoms with Gasteiger partial charge in [0.2, 0.25) is 11.8 Å². The quantitative estimate of drug-likeness (QED) is 0.131. The molecule has 0 fully saturated rings. The van der Waals surface area contributed by atoms with Crippen LogP contribution in [0.2, 0.25) is 0 Å². The maximum Gasteiger partial charge on any atom is 0.264 e. The summed E-state index contributed by atoms with van der Waals surface area (Å²) in [7, 11) is -4.20. The number of hydrogen-bond acceptors (Lipinski definition) is 6. The number of rotatable bonds is 16. The predicted molar refractivity (Wildman–Crippen MR) is 194 cm³/mol. The molecule has 4 aromatic carbocycles. The molecule has 4 aromatic rings. The molecule has 2 amide bonds. The summed E-state index contributed by atoms with van der Waals surface area (Å²) in [6.45, 7) is 8.35. The highest BCUT2D eigenvalue weighted by molar-refractivity contribution is 7.98. The molecular weight excluding hydrogens is 643 g/mol. The molecule has 0 unspecified atom stereocenters. The SMILES string of the molecule is CCOc1ccc(N(CC(=O)N(Cc2cccc(C)c2)[C@H](Cc2ccccc2)C(=O)NCC(C)C)S(=O)(=O)c2ccc(SC)cc2)cc1. The fourth-order valence-corrected chi connectivity index (χ4v) is 7.09. The molecule has 0 aliphatic rings. The molecule has 4 rings (SSSR count). The maximum absolute atomic E-state index is 14.7. The lowest BCUT2D eigenvalue weighted by atomic mass is 10.0. The van der Waals surface area contributed by atoms with Crippen molar-refractivity contribution in [2.75, 3.05) is 30.3 Å². The number of thioether (sulfide) groups is 1. The first-order valence-corrected chi connectivity index (χ1v) is 18.7. The average molecular weight is 688 g/mol. The first-order valence-electron chi connectivity index (χ1n) is 16.1. The van der Waals surface area contributed by atoms with Crippen molar-refractivity contribution in [1.82, 2.24) is 10.2 Å². The van der Waals surface area contributed by atoms with Gasteiger partial charge in [0, 0.05) is 24.4 Å². The minimum absolute atomic E-state index is 0.0581. The van der Waals surface area contributed by atoms with E-state index in [4.69, 9.17) is 4.74 Å². The lowest BCUT2D eigenvalue weighted by Gasteiger charge is -2.34. The molecular formula is C38H45N3O5S2. The first kappa shape index (κ1) is 36.6. The summed E-state index contributed by atoms with van der Waals surface area (Å²) in [5.41, 5.74) is 3.03. The third-order valence-electron chi connectivity index (χ3n) is 7.75. The monoisotopic (exact) mass is 687 g/mol. The molecule has 0 saturated heterocycles. The van der Waals surface area contributed by atoms with Crippen molar-refractivity contribution in [2.45, 2.75) is 56.5 Å². The second kappa shape index (κ2) is 17.2. The molecule has 0 spiro atoms. The van der Waals surface area contributed by atoms with Crippen LogP contribution in [0.3, 0.4) is 0 Å². The number of anilines is 1. The molecule has 0 aliphatic heterocycles. The third-order valence-corrected chi connectivity index (χ3v) is 10.3. The zero-order valence-corrected chi connectivity index (χ0v) is 29.9. The summed E-state index contributed by atoms with van der Waals surface area (Å²) in [6.07, 6.45) is 2.18. The van der Waals surface area contributed by atoms with E-state index >= 15 is 0 Å². The van der Waals surface area contributed by atoms with Crippen LogP contribution in [0.5, 0.6) is 5.75 Å². The van der Waals surface area contributed by atoms with E-state index in [2.05, 4.69) is 5.32 Å². The van der Waals surface area contributed by atoms with Crippen LogP contribution in [-0.2, 0) is 32.6 Å². The molecule has 0 aliphatic carbocycles. The van der Waals surface area contributed by atoms with Crippen LogP contribution in [0.1, 0.15) is 37.5 Å². The van der Waals surface area contributed by atoms with Crippen LogP contribution in [-0.4, -0.2) is 57.1 Å². The van der Waals surface area contributed by atoms with Crippen LogP contribution >= 0.6 is 11.8 Å². The number of hydrogen-bond donors (Lipinski definition) is 1. The standard InChI is InChI=1S/C38H45N3O5S2/c1-6-46-33-17-15-32(16-18-33)41(48(44,45)35-21-19-34(47-5)20-22-35)27-37(42)40(26-31-14-10-11-29(4)23-31)36(38(43)39-25-28(2)3)24-30-12-8-7-9-13-30/h7-23,28,36H,6,24-27H2,1-5H3,(H,39,43)/t36-/m1/s1. The van der Waals surface area contributed by atoms with Crippen LogP contribution in [0.4, 0.5) is 5.69 Å². The Bertz CT molecular complexity index is 1750. The van der Waals surface area contributed by atoms with E-state index in [0.29, 0.717) is 24.6 Å². The van der Waals surface area contributed by atoms with Gasteiger partial charge in [-0.1, -0.05) is 74.0 Å². The van der Waals surface area contributed by atoms with Gasteiger partial charge in [0.05, 0.1) is 17.2 Å². The Morgan fingerprint density at radius 1 is 0.875 bits per heavy atom. The van der Waals surface area contributed by atoms with E-state index in [1.165, 1.54) is 16.7 Å². The van der Waals surface area contributed by atoms with E-state index in [9.17, 15) is 18.0 Å². The van der Waals surface area contributed by atoms with Gasteiger partial charge in [0.25, 0.3) is 10.0 Å². The zero-order chi connectivity index (χ0) is 34.7. The van der Waals surface area contributed by atoms with E-state index in [1.54, 1.807) is 48.5 Å². The Kier molecular flexibility index (Phi) is 13.1. The van der Waals surface area contributed by atoms with Gasteiger partial charge in [-0.25, -0.2) is 8.42 Å². The molecule has 1 N–H and O–H groups in total. The molecule has 48 heavy (non-hydrogen) atoms. The molecule has 0 heterocycles. The van der Waals surface area contributed by atoms with Crippen molar-refractivity contribution in [1.29, 1.82) is 0 Å². The van der Waals surface area contributed by atoms with Gasteiger partial charge in [-0.05, 0) is 85.7 Å². The Balaban J connectivity index is 1.80. The lowest BCUT2D eigenvalue weighted by Crippen LogP contribution is -2.53. The summed E-state index contributed by atoms with van der Waals surface area (Å²) >= 11 is 1.51. The fraction of sp³-hybridized carbons (Fsp3) is 0.316. The molecule has 1 atom stereocenters. The Morgan fingerprint density at radius 3 is 2.15 bits per heavy atom. The molecule has 0 saturated carbocycles. The molecule has 10 heteroatoms. The van der Waals surface area contributed by atoms with E-state index in [-0.39, 0.29) is 29.7 Å². The van der Waals surface area contributed by atoms with E-state index < -0.39 is 28.5 Å². The van der Waals surface area contributed by atoms with Crippen molar-refractivity contribution in [3.8, 4) is 5.75 Å². The van der Waals surface area contributed by atoms with Crippen LogP contribution in [0.15, 0.2) is 113 Å². The summed E-state index contributed by atoms with van der Waals surface area (Å²) < 4.78 is 35.3. The summed E-state index contributed by atoms with van der Waals surface area (Å²) in [6, 6.07) is 29.6. The third kappa shape index (κ3) is 9.87. The second-order valence-electron chi connectivity index (χ2n) is 12.0. The smallest absolute Gasteiger partial charge is 0.264 e. The van der Waals surface area contributed by atoms with Gasteiger partial charge in [0.1, 0.15) is 18.3 Å². The van der Waals surface area contributed by atoms with Crippen molar-refractivity contribution in [3.63, 3.8) is 0 Å². The number of sulfonamides is 1. The number of benzene rings is 4. The zero-order valence-electron chi connectivity index (χ0n) is 28.3. The van der Waals surface area contributed by atoms with Gasteiger partial charge in [-0.2, -0.15) is 0 Å². The minimum atomic E-state index is -4.20. The first-order chi connectivity index (χ1) is 23.0. The number of carbonyl (C=O) groups is 2. The second-order valence-corrected chi connectivity index (χ2v) is 14.7. The highest BCUT2D eigenvalue weighted by atomic mass is 32.2.